The summed E-state index contributed by atoms with van der Waals surface area (Å²) in [5.74, 6) is -1.59. The van der Waals surface area contributed by atoms with E-state index in [1.54, 1.807) is 33.0 Å². The van der Waals surface area contributed by atoms with Crippen LogP contribution in [0.15, 0.2) is 95.6 Å². The molecule has 0 spiro atoms. The van der Waals surface area contributed by atoms with Gasteiger partial charge in [0.25, 0.3) is 5.69 Å². The summed E-state index contributed by atoms with van der Waals surface area (Å²) in [4.78, 5) is 41.4. The third-order valence-corrected chi connectivity index (χ3v) is 6.53. The Bertz CT molecular complexity index is 1480. The van der Waals surface area contributed by atoms with Crippen molar-refractivity contribution < 1.29 is 28.7 Å². The molecule has 41 heavy (non-hydrogen) atoms. The topological polar surface area (TPSA) is 130 Å². The zero-order valence-corrected chi connectivity index (χ0v) is 23.1. The molecule has 1 aromatic heterocycles. The van der Waals surface area contributed by atoms with E-state index in [2.05, 4.69) is 10.3 Å². The molecule has 0 aliphatic carbocycles. The van der Waals surface area contributed by atoms with Crippen LogP contribution in [0, 0.1) is 10.1 Å². The standard InChI is InChI=1S/C31H31N3O7/c1-4-39-30(35)27-20(2)33-21(3)28(29(27)24-8-5-9-25(18-24)34(37)38)31(36)41-16-15-40-26-12-10-22(11-13-26)17-23-7-6-14-32-19-23/h5-14,18-19,29,33H,4,15-17H2,1-3H3. The Kier molecular flexibility index (Phi) is 9.47. The Morgan fingerprint density at radius 1 is 0.927 bits per heavy atom. The fourth-order valence-corrected chi connectivity index (χ4v) is 4.71. The molecule has 1 atom stereocenters. The summed E-state index contributed by atoms with van der Waals surface area (Å²) < 4.78 is 16.6. The second kappa shape index (κ2) is 13.4. The number of hydrogen-bond donors (Lipinski definition) is 1. The van der Waals surface area contributed by atoms with Crippen LogP contribution < -0.4 is 10.1 Å². The first-order valence-corrected chi connectivity index (χ1v) is 13.2. The highest BCUT2D eigenvalue weighted by Gasteiger charge is 2.38. The minimum Gasteiger partial charge on any atom is -0.490 e. The third-order valence-electron chi connectivity index (χ3n) is 6.53. The normalized spacial score (nSPS) is 14.8. The maximum Gasteiger partial charge on any atom is 0.336 e. The van der Waals surface area contributed by atoms with Crippen molar-refractivity contribution in [3.63, 3.8) is 0 Å². The number of carbonyl (C=O) groups is 2. The molecule has 10 nitrogen and oxygen atoms in total. The fourth-order valence-electron chi connectivity index (χ4n) is 4.71. The molecular formula is C31H31N3O7. The van der Waals surface area contributed by atoms with Gasteiger partial charge in [-0.05, 0) is 62.1 Å². The molecule has 0 saturated carbocycles. The molecule has 1 N–H and O–H groups in total. The first kappa shape index (κ1) is 29.0. The Labute approximate surface area is 237 Å². The zero-order valence-electron chi connectivity index (χ0n) is 23.1. The molecule has 2 heterocycles. The zero-order chi connectivity index (χ0) is 29.4. The van der Waals surface area contributed by atoms with E-state index >= 15 is 0 Å². The van der Waals surface area contributed by atoms with Gasteiger partial charge in [0.2, 0.25) is 0 Å². The fraction of sp³-hybridized carbons (Fsp3) is 0.258. The highest BCUT2D eigenvalue weighted by Crippen LogP contribution is 2.40. The van der Waals surface area contributed by atoms with E-state index in [1.165, 1.54) is 18.2 Å². The molecule has 3 aromatic rings. The second-order valence-corrected chi connectivity index (χ2v) is 9.37. The number of nitrogens with one attached hydrogen (secondary N) is 1. The number of carbonyl (C=O) groups excluding carboxylic acids is 2. The molecule has 0 saturated heterocycles. The highest BCUT2D eigenvalue weighted by atomic mass is 16.6. The van der Waals surface area contributed by atoms with E-state index in [9.17, 15) is 19.7 Å². The van der Waals surface area contributed by atoms with E-state index in [0.29, 0.717) is 22.7 Å². The van der Waals surface area contributed by atoms with Gasteiger partial charge in [0, 0.05) is 35.9 Å². The number of aromatic nitrogens is 1. The van der Waals surface area contributed by atoms with Crippen LogP contribution in [0.5, 0.6) is 5.75 Å². The monoisotopic (exact) mass is 557 g/mol. The van der Waals surface area contributed by atoms with Crippen molar-refractivity contribution in [3.8, 4) is 5.75 Å². The summed E-state index contributed by atoms with van der Waals surface area (Å²) >= 11 is 0. The summed E-state index contributed by atoms with van der Waals surface area (Å²) in [6, 6.07) is 17.4. The van der Waals surface area contributed by atoms with Crippen LogP contribution >= 0.6 is 0 Å². The number of allylic oxidation sites excluding steroid dienone is 2. The Morgan fingerprint density at radius 3 is 2.27 bits per heavy atom. The Balaban J connectivity index is 1.46. The van der Waals surface area contributed by atoms with E-state index in [4.69, 9.17) is 14.2 Å². The molecule has 0 fully saturated rings. The molecule has 1 unspecified atom stereocenters. The lowest BCUT2D eigenvalue weighted by atomic mass is 9.80. The first-order valence-electron chi connectivity index (χ1n) is 13.2. The van der Waals surface area contributed by atoms with E-state index in [1.807, 2.05) is 42.6 Å². The van der Waals surface area contributed by atoms with Gasteiger partial charge in [-0.2, -0.15) is 0 Å². The van der Waals surface area contributed by atoms with Gasteiger partial charge in [0.15, 0.2) is 0 Å². The van der Waals surface area contributed by atoms with Crippen LogP contribution in [0.4, 0.5) is 5.69 Å². The summed E-state index contributed by atoms with van der Waals surface area (Å²) in [5.41, 5.74) is 3.77. The number of nitro benzene ring substituents is 1. The lowest BCUT2D eigenvalue weighted by Gasteiger charge is -2.30. The van der Waals surface area contributed by atoms with Gasteiger partial charge >= 0.3 is 11.9 Å². The molecule has 0 amide bonds. The van der Waals surface area contributed by atoms with Crippen LogP contribution in [0.3, 0.4) is 0 Å². The van der Waals surface area contributed by atoms with Gasteiger partial charge in [0.05, 0.1) is 28.6 Å². The number of nitro groups is 1. The molecule has 2 aromatic carbocycles. The largest absolute Gasteiger partial charge is 0.490 e. The molecule has 212 valence electrons. The molecule has 0 radical (unpaired) electrons. The molecular weight excluding hydrogens is 526 g/mol. The van der Waals surface area contributed by atoms with Crippen molar-refractivity contribution in [1.82, 2.24) is 10.3 Å². The van der Waals surface area contributed by atoms with Crippen molar-refractivity contribution in [2.45, 2.75) is 33.1 Å². The Hall–Kier alpha value is -4.99. The first-order chi connectivity index (χ1) is 19.8. The van der Waals surface area contributed by atoms with Crippen molar-refractivity contribution in [2.75, 3.05) is 19.8 Å². The van der Waals surface area contributed by atoms with Crippen LogP contribution in [-0.4, -0.2) is 41.7 Å². The number of nitrogens with zero attached hydrogens (tertiary/aromatic N) is 2. The Morgan fingerprint density at radius 2 is 1.63 bits per heavy atom. The molecule has 0 bridgehead atoms. The summed E-state index contributed by atoms with van der Waals surface area (Å²) in [7, 11) is 0. The maximum atomic E-state index is 13.4. The lowest BCUT2D eigenvalue weighted by molar-refractivity contribution is -0.384. The number of non-ortho nitro benzene ring substituents is 1. The number of dihydropyridines is 1. The van der Waals surface area contributed by atoms with Crippen molar-refractivity contribution in [3.05, 3.63) is 122 Å². The average Bonchev–Trinajstić information content (AvgIpc) is 2.96. The molecule has 4 rings (SSSR count). The summed E-state index contributed by atoms with van der Waals surface area (Å²) in [5, 5.41) is 14.5. The van der Waals surface area contributed by atoms with Crippen molar-refractivity contribution in [2.24, 2.45) is 0 Å². The van der Waals surface area contributed by atoms with Gasteiger partial charge in [-0.3, -0.25) is 15.1 Å². The molecule has 10 heteroatoms. The number of ether oxygens (including phenoxy) is 3. The van der Waals surface area contributed by atoms with E-state index in [-0.39, 0.29) is 36.7 Å². The number of esters is 2. The van der Waals surface area contributed by atoms with Crippen LogP contribution in [0.2, 0.25) is 0 Å². The maximum absolute atomic E-state index is 13.4. The van der Waals surface area contributed by atoms with E-state index < -0.39 is 22.8 Å². The minimum atomic E-state index is -0.920. The second-order valence-electron chi connectivity index (χ2n) is 9.37. The summed E-state index contributed by atoms with van der Waals surface area (Å²) in [6.07, 6.45) is 4.32. The SMILES string of the molecule is CCOC(=O)C1=C(C)NC(C)=C(C(=O)OCCOc2ccc(Cc3cccnc3)cc2)C1c1cccc([N+](=O)[O-])c1. The van der Waals surface area contributed by atoms with Gasteiger partial charge < -0.3 is 19.5 Å². The van der Waals surface area contributed by atoms with Gasteiger partial charge in [-0.1, -0.05) is 30.3 Å². The van der Waals surface area contributed by atoms with Crippen LogP contribution in [0.25, 0.3) is 0 Å². The number of benzene rings is 2. The highest BCUT2D eigenvalue weighted by molar-refractivity contribution is 6.00. The lowest BCUT2D eigenvalue weighted by Crippen LogP contribution is -2.33. The van der Waals surface area contributed by atoms with Crippen molar-refractivity contribution >= 4 is 17.6 Å². The van der Waals surface area contributed by atoms with Gasteiger partial charge in [0.1, 0.15) is 19.0 Å². The van der Waals surface area contributed by atoms with Crippen molar-refractivity contribution in [1.29, 1.82) is 0 Å². The molecule has 1 aliphatic heterocycles. The third kappa shape index (κ3) is 7.16. The van der Waals surface area contributed by atoms with Crippen LogP contribution in [0.1, 0.15) is 43.4 Å². The number of hydrogen-bond acceptors (Lipinski definition) is 9. The predicted molar refractivity (Wildman–Crippen MR) is 151 cm³/mol. The predicted octanol–water partition coefficient (Wildman–Crippen LogP) is 5.00. The number of pyridine rings is 1. The van der Waals surface area contributed by atoms with E-state index in [0.717, 1.165) is 17.5 Å². The average molecular weight is 558 g/mol. The summed E-state index contributed by atoms with van der Waals surface area (Å²) in [6.45, 7) is 5.24. The van der Waals surface area contributed by atoms with Gasteiger partial charge in [-0.25, -0.2) is 9.59 Å². The molecule has 1 aliphatic rings. The van der Waals surface area contributed by atoms with Gasteiger partial charge in [-0.15, -0.1) is 0 Å². The smallest absolute Gasteiger partial charge is 0.336 e. The minimum absolute atomic E-state index is 0.0495. The number of rotatable bonds is 11. The van der Waals surface area contributed by atoms with Crippen LogP contribution in [-0.2, 0) is 25.5 Å². The quantitative estimate of drug-likeness (QED) is 0.150.